The second-order valence-corrected chi connectivity index (χ2v) is 12.3. The summed E-state index contributed by atoms with van der Waals surface area (Å²) in [7, 11) is 0. The third-order valence-electron chi connectivity index (χ3n) is 8.22. The van der Waals surface area contributed by atoms with E-state index in [1.54, 1.807) is 6.08 Å². The van der Waals surface area contributed by atoms with Crippen LogP contribution in [0.1, 0.15) is 80.2 Å². The summed E-state index contributed by atoms with van der Waals surface area (Å²) in [6.07, 6.45) is 12.3. The molecule has 4 unspecified atom stereocenters. The van der Waals surface area contributed by atoms with Crippen molar-refractivity contribution in [2.24, 2.45) is 10.8 Å². The van der Waals surface area contributed by atoms with Crippen LogP contribution in [0, 0.1) is 10.8 Å². The second-order valence-electron chi connectivity index (χ2n) is 12.3. The molecule has 0 heterocycles. The van der Waals surface area contributed by atoms with E-state index >= 15 is 0 Å². The van der Waals surface area contributed by atoms with Gasteiger partial charge in [0, 0.05) is 17.3 Å². The van der Waals surface area contributed by atoms with Crippen molar-refractivity contribution < 1.29 is 19.3 Å². The van der Waals surface area contributed by atoms with Gasteiger partial charge in [0.2, 0.25) is 0 Å². The van der Waals surface area contributed by atoms with Crippen LogP contribution in [0.5, 0.6) is 0 Å². The average molecular weight is 511 g/mol. The van der Waals surface area contributed by atoms with Gasteiger partial charge in [-0.3, -0.25) is 0 Å². The summed E-state index contributed by atoms with van der Waals surface area (Å²) in [5.74, 6) is 1.12. The quantitative estimate of drug-likeness (QED) is 0.205. The molecule has 4 nitrogen and oxygen atoms in total. The first-order chi connectivity index (χ1) is 17.1. The first kappa shape index (κ1) is 31.1. The molecule has 2 rings (SSSR count). The van der Waals surface area contributed by atoms with Crippen LogP contribution in [0.15, 0.2) is 79.1 Å². The number of hydrogen-bond donors (Lipinski definition) is 1. The topological polar surface area (TPSA) is 47.9 Å². The summed E-state index contributed by atoms with van der Waals surface area (Å²) >= 11 is 0. The van der Waals surface area contributed by atoms with E-state index < -0.39 is 22.7 Å². The maximum absolute atomic E-state index is 10.4. The molecule has 4 heteroatoms. The van der Waals surface area contributed by atoms with Crippen LogP contribution in [-0.2, 0) is 14.2 Å². The van der Waals surface area contributed by atoms with Crippen molar-refractivity contribution in [2.75, 3.05) is 13.2 Å². The van der Waals surface area contributed by atoms with Crippen molar-refractivity contribution in [2.45, 2.75) is 98.1 Å². The second kappa shape index (κ2) is 12.6. The molecule has 4 atom stereocenters. The Bertz CT molecular complexity index is 952. The Morgan fingerprint density at radius 2 is 1.68 bits per heavy atom. The molecule has 206 valence electrons. The minimum absolute atomic E-state index is 0.206. The number of ether oxygens (including phenoxy) is 3. The summed E-state index contributed by atoms with van der Waals surface area (Å²) in [4.78, 5) is 0. The van der Waals surface area contributed by atoms with Gasteiger partial charge in [-0.05, 0) is 58.3 Å². The maximum Gasteiger partial charge on any atom is 0.117 e. The zero-order valence-electron chi connectivity index (χ0n) is 24.6. The van der Waals surface area contributed by atoms with Crippen LogP contribution >= 0.6 is 0 Å². The number of rotatable bonds is 14. The van der Waals surface area contributed by atoms with Crippen LogP contribution in [0.4, 0.5) is 0 Å². The minimum atomic E-state index is -0.589. The Kier molecular flexibility index (Phi) is 10.6. The molecule has 0 amide bonds. The lowest BCUT2D eigenvalue weighted by atomic mass is 9.73. The molecule has 0 aliphatic heterocycles. The molecule has 0 saturated heterocycles. The number of allylic oxidation sites excluding steroid dienone is 5. The number of aliphatic hydroxyl groups excluding tert-OH is 1. The van der Waals surface area contributed by atoms with E-state index in [4.69, 9.17) is 14.2 Å². The normalized spacial score (nSPS) is 21.1. The Hall–Kier alpha value is -2.14. The molecular weight excluding hydrogens is 460 g/mol. The van der Waals surface area contributed by atoms with E-state index in [-0.39, 0.29) is 17.4 Å². The highest BCUT2D eigenvalue weighted by Gasteiger charge is 2.44. The van der Waals surface area contributed by atoms with E-state index in [1.165, 1.54) is 5.56 Å². The SMILES string of the molecule is C=CCOCC(CC(C)(C)OC1=CC(C)(C(C)c2ccccc2)C=CC=C1)OC(C)(C)C(C)(C)C(C)O. The minimum Gasteiger partial charge on any atom is -0.488 e. The number of aliphatic hydroxyl groups is 1. The van der Waals surface area contributed by atoms with E-state index in [2.05, 4.69) is 82.8 Å². The van der Waals surface area contributed by atoms with Gasteiger partial charge in [-0.2, -0.15) is 0 Å². The highest BCUT2D eigenvalue weighted by Crippen LogP contribution is 2.42. The summed E-state index contributed by atoms with van der Waals surface area (Å²) in [6.45, 7) is 23.3. The molecule has 1 N–H and O–H groups in total. The summed E-state index contributed by atoms with van der Waals surface area (Å²) in [5, 5.41) is 10.4. The predicted octanol–water partition coefficient (Wildman–Crippen LogP) is 7.77. The lowest BCUT2D eigenvalue weighted by Crippen LogP contribution is -2.51. The monoisotopic (exact) mass is 510 g/mol. The molecule has 0 radical (unpaired) electrons. The van der Waals surface area contributed by atoms with Gasteiger partial charge < -0.3 is 19.3 Å². The molecule has 0 bridgehead atoms. The van der Waals surface area contributed by atoms with Gasteiger partial charge in [0.05, 0.1) is 31.0 Å². The number of hydrogen-bond acceptors (Lipinski definition) is 4. The van der Waals surface area contributed by atoms with E-state index in [0.29, 0.717) is 19.6 Å². The van der Waals surface area contributed by atoms with Gasteiger partial charge in [0.1, 0.15) is 11.4 Å². The molecule has 1 aromatic rings. The zero-order chi connectivity index (χ0) is 27.9. The maximum atomic E-state index is 10.4. The molecule has 37 heavy (non-hydrogen) atoms. The fourth-order valence-electron chi connectivity index (χ4n) is 4.65. The molecule has 0 fully saturated rings. The highest BCUT2D eigenvalue weighted by atomic mass is 16.6. The van der Waals surface area contributed by atoms with Gasteiger partial charge in [0.15, 0.2) is 0 Å². The molecule has 0 aromatic heterocycles. The lowest BCUT2D eigenvalue weighted by molar-refractivity contribution is -0.189. The van der Waals surface area contributed by atoms with Crippen molar-refractivity contribution in [1.29, 1.82) is 0 Å². The summed E-state index contributed by atoms with van der Waals surface area (Å²) in [6, 6.07) is 10.6. The van der Waals surface area contributed by atoms with Crippen LogP contribution in [0.25, 0.3) is 0 Å². The van der Waals surface area contributed by atoms with Gasteiger partial charge >= 0.3 is 0 Å². The third kappa shape index (κ3) is 8.43. The Balaban J connectivity index is 2.25. The van der Waals surface area contributed by atoms with Gasteiger partial charge in [-0.25, -0.2) is 0 Å². The molecule has 1 aliphatic rings. The van der Waals surface area contributed by atoms with Crippen molar-refractivity contribution in [3.8, 4) is 0 Å². The van der Waals surface area contributed by atoms with Gasteiger partial charge in [-0.1, -0.05) is 82.3 Å². The predicted molar refractivity (Wildman–Crippen MR) is 155 cm³/mol. The number of benzene rings is 1. The molecular formula is C33H50O4. The first-order valence-electron chi connectivity index (χ1n) is 13.5. The van der Waals surface area contributed by atoms with Gasteiger partial charge in [0.25, 0.3) is 0 Å². The Morgan fingerprint density at radius 3 is 2.27 bits per heavy atom. The average Bonchev–Trinajstić information content (AvgIpc) is 2.99. The smallest absolute Gasteiger partial charge is 0.117 e. The van der Waals surface area contributed by atoms with E-state index in [0.717, 1.165) is 5.76 Å². The first-order valence-corrected chi connectivity index (χ1v) is 13.5. The highest BCUT2D eigenvalue weighted by molar-refractivity contribution is 5.34. The van der Waals surface area contributed by atoms with Crippen molar-refractivity contribution in [1.82, 2.24) is 0 Å². The molecule has 0 saturated carbocycles. The zero-order valence-corrected chi connectivity index (χ0v) is 24.6. The molecule has 1 aromatic carbocycles. The van der Waals surface area contributed by atoms with Crippen LogP contribution in [-0.4, -0.2) is 41.7 Å². The van der Waals surface area contributed by atoms with Gasteiger partial charge in [-0.15, -0.1) is 6.58 Å². The van der Waals surface area contributed by atoms with Crippen LogP contribution in [0.2, 0.25) is 0 Å². The van der Waals surface area contributed by atoms with E-state index in [9.17, 15) is 5.11 Å². The Labute approximate surface area is 226 Å². The fraction of sp³-hybridized carbons (Fsp3) is 0.576. The largest absolute Gasteiger partial charge is 0.488 e. The summed E-state index contributed by atoms with van der Waals surface area (Å²) in [5.41, 5.74) is -0.480. The standard InChI is InChI=1S/C33H50O4/c1-11-21-35-24-29(37-32(8,9)31(6,7)26(3)34)22-30(4,5)36-28-19-15-16-20-33(10,23-28)25(2)27-17-13-12-14-18-27/h11-20,23,25-26,29,34H,1,21-22,24H2,2-10H3. The molecule has 0 spiro atoms. The van der Waals surface area contributed by atoms with Crippen molar-refractivity contribution in [3.63, 3.8) is 0 Å². The third-order valence-corrected chi connectivity index (χ3v) is 8.22. The Morgan fingerprint density at radius 1 is 1.03 bits per heavy atom. The molecule has 1 aliphatic carbocycles. The lowest BCUT2D eigenvalue weighted by Gasteiger charge is -2.46. The summed E-state index contributed by atoms with van der Waals surface area (Å²) < 4.78 is 19.1. The fourth-order valence-corrected chi connectivity index (χ4v) is 4.65. The van der Waals surface area contributed by atoms with Crippen LogP contribution in [0.3, 0.4) is 0 Å². The van der Waals surface area contributed by atoms with Crippen molar-refractivity contribution in [3.05, 3.63) is 84.7 Å². The van der Waals surface area contributed by atoms with Crippen LogP contribution < -0.4 is 0 Å². The van der Waals surface area contributed by atoms with E-state index in [1.807, 2.05) is 46.8 Å². The van der Waals surface area contributed by atoms with Crippen molar-refractivity contribution >= 4 is 0 Å².